The van der Waals surface area contributed by atoms with Gasteiger partial charge in [-0.1, -0.05) is 19.1 Å². The minimum atomic E-state index is -0.527. The Morgan fingerprint density at radius 1 is 1.04 bits per heavy atom. The molecule has 0 aromatic heterocycles. The molecule has 1 atom stereocenters. The molecule has 122 valence electrons. The fourth-order valence-electron chi connectivity index (χ4n) is 2.65. The highest BCUT2D eigenvalue weighted by Crippen LogP contribution is 2.26. The number of anilines is 1. The second kappa shape index (κ2) is 6.86. The predicted molar refractivity (Wildman–Crippen MR) is 95.3 cm³/mol. The molecule has 23 heavy (non-hydrogen) atoms. The number of carbonyl (C=O) groups is 1. The fourth-order valence-corrected chi connectivity index (χ4v) is 2.65. The first-order chi connectivity index (χ1) is 10.8. The van der Waals surface area contributed by atoms with Gasteiger partial charge in [-0.3, -0.25) is 4.79 Å². The van der Waals surface area contributed by atoms with Gasteiger partial charge in [0.25, 0.3) is 0 Å². The predicted octanol–water partition coefficient (Wildman–Crippen LogP) is 4.54. The number of nitrogens with two attached hydrogens (primary N) is 1. The molecule has 0 saturated heterocycles. The van der Waals surface area contributed by atoms with Gasteiger partial charge in [0.05, 0.1) is 5.69 Å². The molecule has 0 amide bonds. The molecule has 0 fully saturated rings. The molecule has 3 heteroatoms. The normalized spacial score (nSPS) is 12.0. The molecule has 0 aliphatic carbocycles. The molecular formula is C20H25NO2. The first-order valence-electron chi connectivity index (χ1n) is 7.98. The van der Waals surface area contributed by atoms with Crippen molar-refractivity contribution in [2.45, 2.75) is 47.1 Å². The maximum absolute atomic E-state index is 12.9. The van der Waals surface area contributed by atoms with E-state index in [4.69, 9.17) is 10.5 Å². The van der Waals surface area contributed by atoms with Crippen molar-refractivity contribution in [1.82, 2.24) is 0 Å². The summed E-state index contributed by atoms with van der Waals surface area (Å²) in [6.07, 6.45) is 0.0687. The zero-order valence-electron chi connectivity index (χ0n) is 14.6. The Morgan fingerprint density at radius 3 is 2.30 bits per heavy atom. The summed E-state index contributed by atoms with van der Waals surface area (Å²) in [5.74, 6) is 0.574. The van der Waals surface area contributed by atoms with Gasteiger partial charge in [-0.05, 0) is 74.6 Å². The summed E-state index contributed by atoms with van der Waals surface area (Å²) in [5, 5.41) is 0. The zero-order valence-corrected chi connectivity index (χ0v) is 14.6. The number of hydrogen-bond acceptors (Lipinski definition) is 3. The highest BCUT2D eigenvalue weighted by atomic mass is 16.5. The van der Waals surface area contributed by atoms with Gasteiger partial charge in [0.1, 0.15) is 5.75 Å². The smallest absolute Gasteiger partial charge is 0.203 e. The number of carbonyl (C=O) groups excluding carboxylic acids is 1. The number of hydrogen-bond donors (Lipinski definition) is 1. The van der Waals surface area contributed by atoms with Crippen molar-refractivity contribution in [1.29, 1.82) is 0 Å². The van der Waals surface area contributed by atoms with Gasteiger partial charge in [0.15, 0.2) is 6.10 Å². The van der Waals surface area contributed by atoms with Crippen molar-refractivity contribution in [3.8, 4) is 5.75 Å². The molecule has 2 N–H and O–H groups in total. The van der Waals surface area contributed by atoms with Crippen LogP contribution in [-0.2, 0) is 0 Å². The van der Waals surface area contributed by atoms with Crippen LogP contribution in [-0.4, -0.2) is 11.9 Å². The van der Waals surface area contributed by atoms with Gasteiger partial charge in [0.2, 0.25) is 5.78 Å². The average Bonchev–Trinajstić information content (AvgIpc) is 2.49. The first kappa shape index (κ1) is 17.1. The molecular weight excluding hydrogens is 286 g/mol. The Hall–Kier alpha value is -2.29. The third-order valence-corrected chi connectivity index (χ3v) is 4.20. The maximum atomic E-state index is 12.9. The summed E-state index contributed by atoms with van der Waals surface area (Å²) in [5.41, 5.74) is 11.6. The summed E-state index contributed by atoms with van der Waals surface area (Å²) in [7, 11) is 0. The Balaban J connectivity index is 2.30. The summed E-state index contributed by atoms with van der Waals surface area (Å²) in [6, 6.07) is 9.62. The Kier molecular flexibility index (Phi) is 5.09. The van der Waals surface area contributed by atoms with Crippen molar-refractivity contribution in [2.75, 3.05) is 5.73 Å². The van der Waals surface area contributed by atoms with Crippen LogP contribution in [0.3, 0.4) is 0 Å². The monoisotopic (exact) mass is 311 g/mol. The van der Waals surface area contributed by atoms with Crippen LogP contribution in [0.25, 0.3) is 0 Å². The van der Waals surface area contributed by atoms with Crippen LogP contribution in [0, 0.1) is 27.7 Å². The van der Waals surface area contributed by atoms with Crippen molar-refractivity contribution < 1.29 is 9.53 Å². The quantitative estimate of drug-likeness (QED) is 0.651. The fraction of sp³-hybridized carbons (Fsp3) is 0.350. The molecule has 0 spiro atoms. The second-order valence-electron chi connectivity index (χ2n) is 6.17. The Bertz CT molecular complexity index is 735. The van der Waals surface area contributed by atoms with E-state index in [1.165, 1.54) is 5.56 Å². The van der Waals surface area contributed by atoms with Crippen molar-refractivity contribution in [3.05, 3.63) is 58.1 Å². The van der Waals surface area contributed by atoms with Crippen LogP contribution in [0.2, 0.25) is 0 Å². The van der Waals surface area contributed by atoms with Gasteiger partial charge in [-0.25, -0.2) is 0 Å². The van der Waals surface area contributed by atoms with Crippen LogP contribution in [0.5, 0.6) is 5.75 Å². The number of benzene rings is 2. The van der Waals surface area contributed by atoms with E-state index in [-0.39, 0.29) is 5.78 Å². The molecule has 1 unspecified atom stereocenters. The number of ether oxygens (including phenoxy) is 1. The molecule has 0 aliphatic rings. The van der Waals surface area contributed by atoms with E-state index in [1.54, 1.807) is 0 Å². The lowest BCUT2D eigenvalue weighted by Gasteiger charge is -2.19. The average molecular weight is 311 g/mol. The molecule has 2 aromatic rings. The van der Waals surface area contributed by atoms with E-state index in [0.29, 0.717) is 17.9 Å². The van der Waals surface area contributed by atoms with E-state index in [2.05, 4.69) is 13.0 Å². The molecule has 0 aliphatic heterocycles. The van der Waals surface area contributed by atoms with E-state index in [1.807, 2.05) is 52.0 Å². The van der Waals surface area contributed by atoms with Crippen LogP contribution >= 0.6 is 0 Å². The lowest BCUT2D eigenvalue weighted by atomic mass is 9.95. The van der Waals surface area contributed by atoms with Gasteiger partial charge in [-0.15, -0.1) is 0 Å². The van der Waals surface area contributed by atoms with Crippen LogP contribution in [0.15, 0.2) is 30.3 Å². The SMILES string of the molecule is CCC(Oc1ccc(C)cc1N)C(=O)c1cc(C)c(C)cc1C. The highest BCUT2D eigenvalue weighted by Gasteiger charge is 2.23. The van der Waals surface area contributed by atoms with Crippen molar-refractivity contribution in [2.24, 2.45) is 0 Å². The van der Waals surface area contributed by atoms with Crippen LogP contribution < -0.4 is 10.5 Å². The molecule has 2 aromatic carbocycles. The molecule has 0 bridgehead atoms. The number of aryl methyl sites for hydroxylation is 4. The Morgan fingerprint density at radius 2 is 1.70 bits per heavy atom. The van der Waals surface area contributed by atoms with E-state index >= 15 is 0 Å². The topological polar surface area (TPSA) is 52.3 Å². The van der Waals surface area contributed by atoms with Crippen molar-refractivity contribution in [3.63, 3.8) is 0 Å². The Labute approximate surface area is 138 Å². The number of Topliss-reactive ketones (excluding diaryl/α,β-unsaturated/α-hetero) is 1. The number of nitrogen functional groups attached to an aromatic ring is 1. The zero-order chi connectivity index (χ0) is 17.1. The summed E-state index contributed by atoms with van der Waals surface area (Å²) < 4.78 is 5.92. The molecule has 0 saturated carbocycles. The largest absolute Gasteiger partial charge is 0.480 e. The van der Waals surface area contributed by atoms with Gasteiger partial charge in [0, 0.05) is 5.56 Å². The maximum Gasteiger partial charge on any atom is 0.203 e. The third kappa shape index (κ3) is 3.73. The molecule has 3 nitrogen and oxygen atoms in total. The molecule has 2 rings (SSSR count). The van der Waals surface area contributed by atoms with E-state index < -0.39 is 6.10 Å². The van der Waals surface area contributed by atoms with Gasteiger partial charge < -0.3 is 10.5 Å². The summed E-state index contributed by atoms with van der Waals surface area (Å²) >= 11 is 0. The van der Waals surface area contributed by atoms with E-state index in [0.717, 1.165) is 22.3 Å². The molecule has 0 heterocycles. The van der Waals surface area contributed by atoms with Crippen LogP contribution in [0.1, 0.15) is 46.0 Å². The second-order valence-corrected chi connectivity index (χ2v) is 6.17. The van der Waals surface area contributed by atoms with Crippen molar-refractivity contribution >= 4 is 11.5 Å². The standard InChI is InChI=1S/C20H25NO2/c1-6-18(23-19-8-7-12(2)9-17(19)21)20(22)16-11-14(4)13(3)10-15(16)5/h7-11,18H,6,21H2,1-5H3. The van der Waals surface area contributed by atoms with Crippen LogP contribution in [0.4, 0.5) is 5.69 Å². The van der Waals surface area contributed by atoms with E-state index in [9.17, 15) is 4.79 Å². The minimum Gasteiger partial charge on any atom is -0.480 e. The summed E-state index contributed by atoms with van der Waals surface area (Å²) in [6.45, 7) is 9.96. The molecule has 0 radical (unpaired) electrons. The number of ketones is 1. The lowest BCUT2D eigenvalue weighted by Crippen LogP contribution is -2.28. The van der Waals surface area contributed by atoms with Gasteiger partial charge >= 0.3 is 0 Å². The highest BCUT2D eigenvalue weighted by molar-refractivity contribution is 6.01. The minimum absolute atomic E-state index is 0.00748. The third-order valence-electron chi connectivity index (χ3n) is 4.20. The van der Waals surface area contributed by atoms with Gasteiger partial charge in [-0.2, -0.15) is 0 Å². The number of rotatable bonds is 5. The summed E-state index contributed by atoms with van der Waals surface area (Å²) in [4.78, 5) is 12.9. The first-order valence-corrected chi connectivity index (χ1v) is 7.98. The lowest BCUT2D eigenvalue weighted by molar-refractivity contribution is 0.0787.